The molecule has 0 saturated heterocycles. The predicted molar refractivity (Wildman–Crippen MR) is 118 cm³/mol. The third kappa shape index (κ3) is 3.78. The molecule has 4 aromatic rings. The number of pyridine rings is 1. The van der Waals surface area contributed by atoms with E-state index >= 15 is 0 Å². The molecule has 4 heterocycles. The van der Waals surface area contributed by atoms with E-state index in [1.807, 2.05) is 42.5 Å². The lowest BCUT2D eigenvalue weighted by molar-refractivity contribution is 0.0949. The van der Waals surface area contributed by atoms with Crippen LogP contribution in [0.3, 0.4) is 0 Å². The number of aromatic nitrogens is 5. The summed E-state index contributed by atoms with van der Waals surface area (Å²) in [6.45, 7) is 0.572. The number of fused-ring (bicyclic) bond motifs is 1. The molecule has 1 N–H and O–H groups in total. The maximum absolute atomic E-state index is 13.0. The molecule has 1 saturated carbocycles. The van der Waals surface area contributed by atoms with Crippen LogP contribution in [-0.4, -0.2) is 37.4 Å². The van der Waals surface area contributed by atoms with Crippen LogP contribution in [-0.2, 0) is 6.54 Å². The first-order chi connectivity index (χ1) is 16.3. The van der Waals surface area contributed by atoms with Gasteiger partial charge in [-0.15, -0.1) is 0 Å². The molecule has 1 amide bonds. The van der Waals surface area contributed by atoms with Gasteiger partial charge in [0.15, 0.2) is 11.5 Å². The fourth-order valence-corrected chi connectivity index (χ4v) is 3.88. The second-order valence-corrected chi connectivity index (χ2v) is 7.94. The Bertz CT molecular complexity index is 1330. The summed E-state index contributed by atoms with van der Waals surface area (Å²) in [6.07, 6.45) is 7.02. The number of hydrogen-bond donors (Lipinski definition) is 1. The highest BCUT2D eigenvalue weighted by atomic mass is 16.7. The summed E-state index contributed by atoms with van der Waals surface area (Å²) in [4.78, 5) is 26.4. The lowest BCUT2D eigenvalue weighted by Gasteiger charge is -2.09. The fourth-order valence-electron chi connectivity index (χ4n) is 3.88. The molecule has 2 aliphatic rings. The Balaban J connectivity index is 1.30. The molecule has 1 aromatic carbocycles. The number of carbonyl (C=O) groups excluding carboxylic acids is 1. The van der Waals surface area contributed by atoms with E-state index in [9.17, 15) is 4.79 Å². The van der Waals surface area contributed by atoms with Crippen LogP contribution >= 0.6 is 0 Å². The Morgan fingerprint density at radius 1 is 1.06 bits per heavy atom. The summed E-state index contributed by atoms with van der Waals surface area (Å²) in [5.74, 6) is 1.92. The van der Waals surface area contributed by atoms with Crippen LogP contribution in [0.4, 0.5) is 0 Å². The molecule has 3 aromatic heterocycles. The van der Waals surface area contributed by atoms with Gasteiger partial charge in [-0.25, -0.2) is 14.6 Å². The maximum atomic E-state index is 13.0. The molecule has 0 spiro atoms. The lowest BCUT2D eigenvalue weighted by Crippen LogP contribution is -2.24. The molecule has 0 radical (unpaired) electrons. The van der Waals surface area contributed by atoms with Crippen molar-refractivity contribution in [3.05, 3.63) is 78.0 Å². The zero-order chi connectivity index (χ0) is 22.2. The van der Waals surface area contributed by atoms with Gasteiger partial charge < -0.3 is 14.8 Å². The van der Waals surface area contributed by atoms with E-state index < -0.39 is 0 Å². The standard InChI is InChI=1S/C24H20N6O3/c31-23(27-12-17-3-1-2-9-25-17)18-13-28-30(22(18)15-4-5-15)24-26-10-8-19(29-24)16-6-7-20-21(11-16)33-14-32-20/h1-3,6-11,13,15H,4-5,12,14H2,(H,27,31). The number of ether oxygens (including phenoxy) is 2. The van der Waals surface area contributed by atoms with E-state index in [4.69, 9.17) is 14.5 Å². The Morgan fingerprint density at radius 2 is 1.97 bits per heavy atom. The van der Waals surface area contributed by atoms with Gasteiger partial charge in [-0.1, -0.05) is 6.07 Å². The molecule has 0 unspecified atom stereocenters. The molecule has 9 heteroatoms. The highest BCUT2D eigenvalue weighted by Gasteiger charge is 2.33. The number of benzene rings is 1. The second-order valence-electron chi connectivity index (χ2n) is 7.94. The SMILES string of the molecule is O=C(NCc1ccccn1)c1cnn(-c2nccc(-c3ccc4c(c3)OCO4)n2)c1C1CC1. The normalized spacial score (nSPS) is 14.3. The number of amides is 1. The summed E-state index contributed by atoms with van der Waals surface area (Å²) in [5.41, 5.74) is 3.81. The fraction of sp³-hybridized carbons (Fsp3) is 0.208. The van der Waals surface area contributed by atoms with Crippen LogP contribution in [0.15, 0.2) is 61.1 Å². The molecular weight excluding hydrogens is 420 g/mol. The number of nitrogens with one attached hydrogen (secondary N) is 1. The Kier molecular flexibility index (Phi) is 4.71. The minimum atomic E-state index is -0.180. The van der Waals surface area contributed by atoms with Gasteiger partial charge in [-0.05, 0) is 49.2 Å². The number of nitrogens with zero attached hydrogens (tertiary/aromatic N) is 5. The quantitative estimate of drug-likeness (QED) is 0.491. The van der Waals surface area contributed by atoms with Gasteiger partial charge in [0.05, 0.1) is 35.4 Å². The van der Waals surface area contributed by atoms with Gasteiger partial charge in [-0.2, -0.15) is 5.10 Å². The van der Waals surface area contributed by atoms with Gasteiger partial charge >= 0.3 is 0 Å². The van der Waals surface area contributed by atoms with Crippen molar-refractivity contribution in [2.75, 3.05) is 6.79 Å². The lowest BCUT2D eigenvalue weighted by atomic mass is 10.1. The van der Waals surface area contributed by atoms with Crippen molar-refractivity contribution < 1.29 is 14.3 Å². The highest BCUT2D eigenvalue weighted by Crippen LogP contribution is 2.42. The summed E-state index contributed by atoms with van der Waals surface area (Å²) < 4.78 is 12.6. The molecule has 0 atom stereocenters. The van der Waals surface area contributed by atoms with E-state index in [-0.39, 0.29) is 18.6 Å². The van der Waals surface area contributed by atoms with Gasteiger partial charge in [0.2, 0.25) is 6.79 Å². The van der Waals surface area contributed by atoms with Crippen molar-refractivity contribution in [2.24, 2.45) is 0 Å². The molecule has 1 fully saturated rings. The smallest absolute Gasteiger partial charge is 0.255 e. The number of hydrogen-bond acceptors (Lipinski definition) is 7. The van der Waals surface area contributed by atoms with E-state index in [1.54, 1.807) is 23.3 Å². The second kappa shape index (κ2) is 8.01. The highest BCUT2D eigenvalue weighted by molar-refractivity contribution is 5.95. The zero-order valence-electron chi connectivity index (χ0n) is 17.6. The maximum Gasteiger partial charge on any atom is 0.255 e. The average Bonchev–Trinajstić information content (AvgIpc) is 3.42. The summed E-state index contributed by atoms with van der Waals surface area (Å²) in [6, 6.07) is 13.2. The van der Waals surface area contributed by atoms with Gasteiger partial charge in [0, 0.05) is 23.9 Å². The third-order valence-corrected chi connectivity index (χ3v) is 5.67. The molecule has 33 heavy (non-hydrogen) atoms. The molecule has 164 valence electrons. The zero-order valence-corrected chi connectivity index (χ0v) is 17.6. The summed E-state index contributed by atoms with van der Waals surface area (Å²) in [7, 11) is 0. The molecule has 0 bridgehead atoms. The Hall–Kier alpha value is -4.27. The topological polar surface area (TPSA) is 104 Å². The number of carbonyl (C=O) groups is 1. The van der Waals surface area contributed by atoms with Crippen LogP contribution < -0.4 is 14.8 Å². The predicted octanol–water partition coefficient (Wildman–Crippen LogP) is 3.26. The minimum absolute atomic E-state index is 0.180. The van der Waals surface area contributed by atoms with Crippen molar-refractivity contribution in [1.82, 2.24) is 30.0 Å². The Morgan fingerprint density at radius 3 is 2.82 bits per heavy atom. The van der Waals surface area contributed by atoms with Crippen LogP contribution in [0.1, 0.15) is 40.5 Å². The average molecular weight is 440 g/mol. The summed E-state index contributed by atoms with van der Waals surface area (Å²) in [5, 5.41) is 7.43. The van der Waals surface area contributed by atoms with E-state index in [2.05, 4.69) is 20.4 Å². The third-order valence-electron chi connectivity index (χ3n) is 5.67. The largest absolute Gasteiger partial charge is 0.454 e. The monoisotopic (exact) mass is 440 g/mol. The molecule has 6 rings (SSSR count). The van der Waals surface area contributed by atoms with Crippen LogP contribution in [0.2, 0.25) is 0 Å². The van der Waals surface area contributed by atoms with Crippen LogP contribution in [0.5, 0.6) is 11.5 Å². The van der Waals surface area contributed by atoms with Crippen molar-refractivity contribution in [2.45, 2.75) is 25.3 Å². The minimum Gasteiger partial charge on any atom is -0.454 e. The first-order valence-corrected chi connectivity index (χ1v) is 10.8. The van der Waals surface area contributed by atoms with Gasteiger partial charge in [-0.3, -0.25) is 9.78 Å². The molecule has 9 nitrogen and oxygen atoms in total. The number of rotatable bonds is 6. The van der Waals surface area contributed by atoms with Crippen LogP contribution in [0, 0.1) is 0 Å². The van der Waals surface area contributed by atoms with E-state index in [0.717, 1.165) is 41.2 Å². The molecule has 1 aliphatic heterocycles. The first-order valence-electron chi connectivity index (χ1n) is 10.8. The van der Waals surface area contributed by atoms with E-state index in [1.165, 1.54) is 0 Å². The first kappa shape index (κ1) is 19.4. The Labute approximate surface area is 189 Å². The van der Waals surface area contributed by atoms with Crippen molar-refractivity contribution in [3.8, 4) is 28.7 Å². The molecular formula is C24H20N6O3. The van der Waals surface area contributed by atoms with E-state index in [0.29, 0.717) is 23.8 Å². The van der Waals surface area contributed by atoms with Gasteiger partial charge in [0.25, 0.3) is 11.9 Å². The van der Waals surface area contributed by atoms with Crippen LogP contribution in [0.25, 0.3) is 17.2 Å². The molecule has 1 aliphatic carbocycles. The van der Waals surface area contributed by atoms with Crippen molar-refractivity contribution in [1.29, 1.82) is 0 Å². The van der Waals surface area contributed by atoms with Gasteiger partial charge in [0.1, 0.15) is 0 Å². The van der Waals surface area contributed by atoms with Crippen molar-refractivity contribution in [3.63, 3.8) is 0 Å². The van der Waals surface area contributed by atoms with Crippen molar-refractivity contribution >= 4 is 5.91 Å². The summed E-state index contributed by atoms with van der Waals surface area (Å²) >= 11 is 0.